The number of aromatic nitrogens is 1. The SMILES string of the molecule is [2H]C1([2H])N(C(=O)OC(C)(C)C)C([2H])([2H])C([2H])([2H])N(c2nc(B3OC(C)(C)C(C)(C)O3)cs2)C1([2H])[2H]. The van der Waals surface area contributed by atoms with Crippen LogP contribution < -0.4 is 10.5 Å². The van der Waals surface area contributed by atoms with Crippen molar-refractivity contribution in [3.8, 4) is 0 Å². The molecule has 0 spiro atoms. The van der Waals surface area contributed by atoms with E-state index in [2.05, 4.69) is 4.98 Å². The maximum atomic E-state index is 12.8. The maximum absolute atomic E-state index is 12.8. The molecule has 27 heavy (non-hydrogen) atoms. The molecule has 0 aliphatic carbocycles. The molecule has 0 unspecified atom stereocenters. The number of amides is 1. The Bertz CT molecular complexity index is 970. The lowest BCUT2D eigenvalue weighted by molar-refractivity contribution is 0.00578. The highest BCUT2D eigenvalue weighted by Gasteiger charge is 2.52. The van der Waals surface area contributed by atoms with Gasteiger partial charge in [-0.2, -0.15) is 0 Å². The molecular weight excluding hydrogens is 365 g/mol. The predicted octanol–water partition coefficient (Wildman–Crippen LogP) is 2.50. The second-order valence-corrected chi connectivity index (χ2v) is 9.08. The fourth-order valence-electron chi connectivity index (χ4n) is 2.20. The van der Waals surface area contributed by atoms with Gasteiger partial charge in [-0.15, -0.1) is 11.3 Å². The number of carbonyl (C=O) groups excluding carboxylic acids is 1. The molecule has 3 heterocycles. The van der Waals surface area contributed by atoms with Gasteiger partial charge >= 0.3 is 13.2 Å². The van der Waals surface area contributed by atoms with Crippen molar-refractivity contribution >= 4 is 35.3 Å². The summed E-state index contributed by atoms with van der Waals surface area (Å²) < 4.78 is 84.7. The number of anilines is 1. The summed E-state index contributed by atoms with van der Waals surface area (Å²) in [5.74, 6) is 0. The third-order valence-electron chi connectivity index (χ3n) is 4.32. The standard InChI is InChI=1S/C18H30BN3O4S/c1-16(2,3)24-15(23)22-10-8-21(9-11-22)14-20-13(12-27-14)19-25-17(4,5)18(6,7)26-19/h12H,8-11H2,1-7H3/i8D2,9D2,10D2,11D2. The summed E-state index contributed by atoms with van der Waals surface area (Å²) in [6.07, 6.45) is -1.53. The molecule has 0 bridgehead atoms. The average Bonchev–Trinajstić information content (AvgIpc) is 3.13. The zero-order valence-electron chi connectivity index (χ0n) is 24.5. The summed E-state index contributed by atoms with van der Waals surface area (Å²) in [7, 11) is -0.946. The van der Waals surface area contributed by atoms with Crippen LogP contribution in [0.1, 0.15) is 59.4 Å². The first-order valence-corrected chi connectivity index (χ1v) is 9.43. The molecule has 9 heteroatoms. The van der Waals surface area contributed by atoms with Gasteiger partial charge in [0.1, 0.15) is 5.60 Å². The molecule has 3 rings (SSSR count). The first-order valence-electron chi connectivity index (χ1n) is 12.5. The third kappa shape index (κ3) is 4.41. The van der Waals surface area contributed by atoms with Gasteiger partial charge in [-0.25, -0.2) is 9.78 Å². The quantitative estimate of drug-likeness (QED) is 0.707. The molecule has 2 saturated heterocycles. The van der Waals surface area contributed by atoms with Crippen LogP contribution in [0.25, 0.3) is 0 Å². The van der Waals surface area contributed by atoms with Gasteiger partial charge in [-0.1, -0.05) is 0 Å². The second kappa shape index (κ2) is 6.94. The summed E-state index contributed by atoms with van der Waals surface area (Å²) >= 11 is 0.776. The highest BCUT2D eigenvalue weighted by atomic mass is 32.1. The molecule has 2 aliphatic rings. The Morgan fingerprint density at radius 3 is 2.30 bits per heavy atom. The van der Waals surface area contributed by atoms with Gasteiger partial charge in [-0.05, 0) is 48.5 Å². The van der Waals surface area contributed by atoms with Crippen LogP contribution in [-0.4, -0.2) is 65.9 Å². The molecule has 0 radical (unpaired) electrons. The lowest BCUT2D eigenvalue weighted by atomic mass is 9.86. The van der Waals surface area contributed by atoms with Crippen molar-refractivity contribution in [1.82, 2.24) is 9.88 Å². The molecule has 1 aromatic heterocycles. The van der Waals surface area contributed by atoms with E-state index in [1.165, 1.54) is 26.2 Å². The topological polar surface area (TPSA) is 64.1 Å². The van der Waals surface area contributed by atoms with E-state index in [1.54, 1.807) is 0 Å². The first-order chi connectivity index (χ1) is 15.4. The summed E-state index contributed by atoms with van der Waals surface area (Å²) in [4.78, 5) is 17.2. The first kappa shape index (κ1) is 12.3. The number of ether oxygens (including phenoxy) is 1. The van der Waals surface area contributed by atoms with Crippen molar-refractivity contribution in [2.45, 2.75) is 65.3 Å². The summed E-state index contributed by atoms with van der Waals surface area (Å²) in [5.41, 5.74) is -2.35. The number of piperazine rings is 1. The van der Waals surface area contributed by atoms with E-state index >= 15 is 0 Å². The van der Waals surface area contributed by atoms with Crippen molar-refractivity contribution in [3.05, 3.63) is 5.38 Å². The molecule has 2 fully saturated rings. The Balaban J connectivity index is 2.07. The van der Waals surface area contributed by atoms with Crippen molar-refractivity contribution in [1.29, 1.82) is 0 Å². The van der Waals surface area contributed by atoms with Crippen molar-refractivity contribution in [2.24, 2.45) is 0 Å². The van der Waals surface area contributed by atoms with Gasteiger partial charge in [0.2, 0.25) is 0 Å². The average molecular weight is 403 g/mol. The van der Waals surface area contributed by atoms with E-state index in [9.17, 15) is 4.79 Å². The Hall–Kier alpha value is -1.32. The zero-order valence-corrected chi connectivity index (χ0v) is 17.4. The van der Waals surface area contributed by atoms with E-state index in [4.69, 9.17) is 25.0 Å². The molecule has 0 aromatic carbocycles. The smallest absolute Gasteiger partial charge is 0.444 e. The number of hydrogen-bond acceptors (Lipinski definition) is 7. The predicted molar refractivity (Wildman–Crippen MR) is 108 cm³/mol. The molecule has 0 atom stereocenters. The Morgan fingerprint density at radius 2 is 1.78 bits per heavy atom. The highest BCUT2D eigenvalue weighted by molar-refractivity contribution is 7.14. The van der Waals surface area contributed by atoms with Gasteiger partial charge < -0.3 is 23.8 Å². The molecule has 1 amide bonds. The maximum Gasteiger partial charge on any atom is 0.515 e. The van der Waals surface area contributed by atoms with Crippen LogP contribution in [0.4, 0.5) is 9.93 Å². The van der Waals surface area contributed by atoms with Crippen LogP contribution in [0.15, 0.2) is 5.38 Å². The normalized spacial score (nSPS) is 34.1. The third-order valence-corrected chi connectivity index (χ3v) is 5.16. The fraction of sp³-hybridized carbons (Fsp3) is 0.778. The molecule has 1 aromatic rings. The lowest BCUT2D eigenvalue weighted by Crippen LogP contribution is -2.50. The fourth-order valence-corrected chi connectivity index (χ4v) is 2.95. The van der Waals surface area contributed by atoms with E-state index in [1.807, 2.05) is 27.7 Å². The number of thiazole rings is 1. The van der Waals surface area contributed by atoms with Gasteiger partial charge in [0, 0.05) is 31.4 Å². The Kier molecular flexibility index (Phi) is 3.16. The molecule has 0 N–H and O–H groups in total. The van der Waals surface area contributed by atoms with Crippen molar-refractivity contribution in [2.75, 3.05) is 30.9 Å². The van der Waals surface area contributed by atoms with E-state index < -0.39 is 56.0 Å². The van der Waals surface area contributed by atoms with Crippen LogP contribution in [0.5, 0.6) is 0 Å². The van der Waals surface area contributed by atoms with E-state index in [0.717, 1.165) is 11.3 Å². The van der Waals surface area contributed by atoms with E-state index in [0.29, 0.717) is 4.90 Å². The number of nitrogens with zero attached hydrogens (tertiary/aromatic N) is 3. The molecule has 150 valence electrons. The monoisotopic (exact) mass is 403 g/mol. The van der Waals surface area contributed by atoms with Crippen LogP contribution in [0.2, 0.25) is 0 Å². The molecular formula is C18H30BN3O4S. The van der Waals surface area contributed by atoms with Gasteiger partial charge in [0.15, 0.2) is 5.13 Å². The largest absolute Gasteiger partial charge is 0.515 e. The summed E-state index contributed by atoms with van der Waals surface area (Å²) in [5, 5.41) is 1.11. The number of carbonyl (C=O) groups is 1. The molecule has 7 nitrogen and oxygen atoms in total. The van der Waals surface area contributed by atoms with Gasteiger partial charge in [0.05, 0.1) is 27.8 Å². The minimum Gasteiger partial charge on any atom is -0.444 e. The summed E-state index contributed by atoms with van der Waals surface area (Å²) in [6.45, 7) is -1.50. The van der Waals surface area contributed by atoms with E-state index in [-0.39, 0.29) is 15.6 Å². The zero-order chi connectivity index (χ0) is 27.2. The van der Waals surface area contributed by atoms with Crippen molar-refractivity contribution in [3.63, 3.8) is 0 Å². The molecule has 0 saturated carbocycles. The van der Waals surface area contributed by atoms with Gasteiger partial charge in [0.25, 0.3) is 0 Å². The second-order valence-electron chi connectivity index (χ2n) is 8.24. The minimum atomic E-state index is -3.36. The van der Waals surface area contributed by atoms with Gasteiger partial charge in [-0.3, -0.25) is 0 Å². The Labute approximate surface area is 177 Å². The number of rotatable bonds is 2. The minimum absolute atomic E-state index is 0.148. The van der Waals surface area contributed by atoms with Crippen LogP contribution in [0.3, 0.4) is 0 Å². The summed E-state index contributed by atoms with van der Waals surface area (Å²) in [6, 6.07) is 0. The van der Waals surface area contributed by atoms with Crippen LogP contribution >= 0.6 is 11.3 Å². The number of hydrogen-bond donors (Lipinski definition) is 0. The highest BCUT2D eigenvalue weighted by Crippen LogP contribution is 2.36. The lowest BCUT2D eigenvalue weighted by Gasteiger charge is -2.35. The van der Waals surface area contributed by atoms with Crippen LogP contribution in [0, 0.1) is 0 Å². The molecule has 2 aliphatic heterocycles. The van der Waals surface area contributed by atoms with Crippen molar-refractivity contribution < 1.29 is 29.8 Å². The Morgan fingerprint density at radius 1 is 1.22 bits per heavy atom. The van der Waals surface area contributed by atoms with Crippen LogP contribution in [-0.2, 0) is 14.0 Å².